The van der Waals surface area contributed by atoms with E-state index in [4.69, 9.17) is 0 Å². The van der Waals surface area contributed by atoms with Crippen LogP contribution in [0, 0.1) is 0 Å². The molecule has 0 heterocycles. The van der Waals surface area contributed by atoms with Crippen LogP contribution in [0.15, 0.2) is 36.4 Å². The number of benzene rings is 2. The lowest BCUT2D eigenvalue weighted by atomic mass is 9.99. The Balaban J connectivity index is 1.62. The van der Waals surface area contributed by atoms with Crippen LogP contribution in [0.4, 0.5) is 0 Å². The first-order valence-corrected chi connectivity index (χ1v) is 10.4. The summed E-state index contributed by atoms with van der Waals surface area (Å²) >= 11 is 0. The van der Waals surface area contributed by atoms with Crippen molar-refractivity contribution in [2.75, 3.05) is 0 Å². The van der Waals surface area contributed by atoms with E-state index in [2.05, 4.69) is 0 Å². The van der Waals surface area contributed by atoms with Crippen LogP contribution in [0.3, 0.4) is 0 Å². The highest BCUT2D eigenvalue weighted by Gasteiger charge is 2.02. The van der Waals surface area contributed by atoms with E-state index in [1.807, 2.05) is 36.4 Å². The number of aryl methyl sites for hydroxylation is 2. The molecule has 4 heteroatoms. The van der Waals surface area contributed by atoms with Crippen LogP contribution in [0.1, 0.15) is 71.9 Å². The number of unbranched alkanes of at least 4 members (excludes halogenated alkanes) is 5. The topological polar surface area (TPSA) is 80.9 Å². The van der Waals surface area contributed by atoms with E-state index in [9.17, 15) is 20.4 Å². The van der Waals surface area contributed by atoms with Crippen molar-refractivity contribution in [2.45, 2.75) is 77.8 Å². The molecule has 2 rings (SSSR count). The summed E-state index contributed by atoms with van der Waals surface area (Å²) in [5, 5.41) is 37.2. The highest BCUT2D eigenvalue weighted by Crippen LogP contribution is 2.17. The maximum Gasteiger partial charge on any atom is 0.0682 e. The van der Waals surface area contributed by atoms with Gasteiger partial charge in [-0.1, -0.05) is 62.1 Å². The van der Waals surface area contributed by atoms with Gasteiger partial charge >= 0.3 is 0 Å². The molecule has 0 amide bonds. The number of hydrogen-bond acceptors (Lipinski definition) is 4. The van der Waals surface area contributed by atoms with Crippen LogP contribution >= 0.6 is 0 Å². The van der Waals surface area contributed by atoms with Crippen LogP contribution in [-0.4, -0.2) is 20.4 Å². The molecule has 0 aliphatic carbocycles. The molecule has 0 radical (unpaired) electrons. The molecule has 2 aromatic rings. The molecule has 0 spiro atoms. The maximum atomic E-state index is 9.31. The van der Waals surface area contributed by atoms with E-state index in [0.717, 1.165) is 47.9 Å². The molecule has 4 N–H and O–H groups in total. The molecule has 0 saturated heterocycles. The minimum absolute atomic E-state index is 0.0157. The lowest BCUT2D eigenvalue weighted by Gasteiger charge is -2.08. The highest BCUT2D eigenvalue weighted by molar-refractivity contribution is 5.30. The van der Waals surface area contributed by atoms with Crippen LogP contribution in [0.5, 0.6) is 0 Å². The predicted octanol–water partition coefficient (Wildman–Crippen LogP) is 3.78. The Labute approximate surface area is 168 Å². The quantitative estimate of drug-likeness (QED) is 0.395. The third-order valence-electron chi connectivity index (χ3n) is 5.14. The van der Waals surface area contributed by atoms with Gasteiger partial charge in [0, 0.05) is 0 Å². The Hall–Kier alpha value is -1.72. The summed E-state index contributed by atoms with van der Waals surface area (Å²) in [5.41, 5.74) is 5.87. The van der Waals surface area contributed by atoms with Crippen molar-refractivity contribution in [3.8, 4) is 0 Å². The fraction of sp³-hybridized carbons (Fsp3) is 0.500. The van der Waals surface area contributed by atoms with Gasteiger partial charge in [-0.25, -0.2) is 0 Å². The number of aliphatic hydroxyl groups excluding tert-OH is 4. The largest absolute Gasteiger partial charge is 0.392 e. The first kappa shape index (κ1) is 22.6. The van der Waals surface area contributed by atoms with Gasteiger partial charge in [-0.3, -0.25) is 0 Å². The third-order valence-corrected chi connectivity index (χ3v) is 5.14. The van der Waals surface area contributed by atoms with Crippen LogP contribution < -0.4 is 0 Å². The summed E-state index contributed by atoms with van der Waals surface area (Å²) in [6, 6.07) is 11.8. The van der Waals surface area contributed by atoms with Crippen molar-refractivity contribution < 1.29 is 20.4 Å². The molecular formula is C24H34O4. The lowest BCUT2D eigenvalue weighted by Crippen LogP contribution is -1.95. The van der Waals surface area contributed by atoms with Gasteiger partial charge in [-0.2, -0.15) is 0 Å². The molecule has 28 heavy (non-hydrogen) atoms. The molecular weight excluding hydrogens is 352 g/mol. The van der Waals surface area contributed by atoms with Gasteiger partial charge in [0.05, 0.1) is 26.4 Å². The van der Waals surface area contributed by atoms with E-state index in [1.54, 1.807) is 0 Å². The molecule has 0 bridgehead atoms. The van der Waals surface area contributed by atoms with E-state index in [1.165, 1.54) is 36.8 Å². The Kier molecular flexibility index (Phi) is 10.2. The fourth-order valence-corrected chi connectivity index (χ4v) is 3.70. The van der Waals surface area contributed by atoms with Crippen molar-refractivity contribution in [1.82, 2.24) is 0 Å². The van der Waals surface area contributed by atoms with Crippen LogP contribution in [-0.2, 0) is 39.3 Å². The zero-order valence-electron chi connectivity index (χ0n) is 16.7. The van der Waals surface area contributed by atoms with Crippen molar-refractivity contribution in [1.29, 1.82) is 0 Å². The molecule has 2 aromatic carbocycles. The summed E-state index contributed by atoms with van der Waals surface area (Å²) in [6.45, 7) is 0.0629. The second kappa shape index (κ2) is 12.7. The molecule has 0 fully saturated rings. The van der Waals surface area contributed by atoms with Crippen LogP contribution in [0.2, 0.25) is 0 Å². The number of aliphatic hydroxyl groups is 4. The van der Waals surface area contributed by atoms with Gasteiger partial charge in [0.15, 0.2) is 0 Å². The Morgan fingerprint density at radius 1 is 0.357 bits per heavy atom. The molecule has 0 unspecified atom stereocenters. The molecule has 0 aliphatic rings. The minimum atomic E-state index is 0.0157. The zero-order chi connectivity index (χ0) is 20.2. The number of rotatable bonds is 13. The van der Waals surface area contributed by atoms with E-state index in [-0.39, 0.29) is 26.4 Å². The van der Waals surface area contributed by atoms with Crippen molar-refractivity contribution in [3.63, 3.8) is 0 Å². The summed E-state index contributed by atoms with van der Waals surface area (Å²) in [6.07, 6.45) is 9.02. The Morgan fingerprint density at radius 2 is 0.607 bits per heavy atom. The summed E-state index contributed by atoms with van der Waals surface area (Å²) in [4.78, 5) is 0. The lowest BCUT2D eigenvalue weighted by molar-refractivity contribution is 0.274. The van der Waals surface area contributed by atoms with Gasteiger partial charge in [-0.05, 0) is 59.1 Å². The third kappa shape index (κ3) is 7.72. The second-order valence-electron chi connectivity index (χ2n) is 7.57. The van der Waals surface area contributed by atoms with E-state index >= 15 is 0 Å². The molecule has 4 nitrogen and oxygen atoms in total. The SMILES string of the molecule is OCc1cc(CO)cc(CCCCCCCCc2cc(CO)cc(CO)c2)c1. The summed E-state index contributed by atoms with van der Waals surface area (Å²) in [7, 11) is 0. The predicted molar refractivity (Wildman–Crippen MR) is 112 cm³/mol. The average molecular weight is 387 g/mol. The molecule has 154 valence electrons. The molecule has 0 aromatic heterocycles. The first-order valence-electron chi connectivity index (χ1n) is 10.4. The summed E-state index contributed by atoms with van der Waals surface area (Å²) < 4.78 is 0. The normalized spacial score (nSPS) is 11.1. The fourth-order valence-electron chi connectivity index (χ4n) is 3.70. The van der Waals surface area contributed by atoms with Crippen LogP contribution in [0.25, 0.3) is 0 Å². The van der Waals surface area contributed by atoms with Gasteiger partial charge < -0.3 is 20.4 Å². The Bertz CT molecular complexity index is 606. The van der Waals surface area contributed by atoms with Gasteiger partial charge in [-0.15, -0.1) is 0 Å². The maximum absolute atomic E-state index is 9.31. The van der Waals surface area contributed by atoms with Gasteiger partial charge in [0.1, 0.15) is 0 Å². The standard InChI is InChI=1S/C24H34O4/c25-15-21-9-19(10-22(13-21)16-26)7-5-3-1-2-4-6-8-20-11-23(17-27)14-24(12-20)18-28/h9-14,25-28H,1-8,15-18H2. The van der Waals surface area contributed by atoms with Crippen molar-refractivity contribution in [3.05, 3.63) is 69.8 Å². The minimum Gasteiger partial charge on any atom is -0.392 e. The van der Waals surface area contributed by atoms with Gasteiger partial charge in [0.2, 0.25) is 0 Å². The van der Waals surface area contributed by atoms with Gasteiger partial charge in [0.25, 0.3) is 0 Å². The van der Waals surface area contributed by atoms with Crippen molar-refractivity contribution >= 4 is 0 Å². The summed E-state index contributed by atoms with van der Waals surface area (Å²) in [5.74, 6) is 0. The molecule has 0 atom stereocenters. The van der Waals surface area contributed by atoms with Crippen molar-refractivity contribution in [2.24, 2.45) is 0 Å². The monoisotopic (exact) mass is 386 g/mol. The Morgan fingerprint density at radius 3 is 0.893 bits per heavy atom. The molecule has 0 saturated carbocycles. The number of hydrogen-bond donors (Lipinski definition) is 4. The average Bonchev–Trinajstić information content (AvgIpc) is 2.74. The molecule has 0 aliphatic heterocycles. The first-order chi connectivity index (χ1) is 13.7. The van der Waals surface area contributed by atoms with E-state index < -0.39 is 0 Å². The van der Waals surface area contributed by atoms with E-state index in [0.29, 0.717) is 0 Å². The zero-order valence-corrected chi connectivity index (χ0v) is 16.7. The smallest absolute Gasteiger partial charge is 0.0682 e. The highest BCUT2D eigenvalue weighted by atomic mass is 16.3. The second-order valence-corrected chi connectivity index (χ2v) is 7.57.